The zero-order valence-electron chi connectivity index (χ0n) is 11.1. The lowest BCUT2D eigenvalue weighted by molar-refractivity contribution is 0.619. The standard InChI is InChI=1S/C15H14F2N2S/c1-9-6-7-12(17)14(8-9)19-15(20)18-13-5-3-4-11(16)10(13)2/h3-8H,1-2H3,(H2,18,19,20). The highest BCUT2D eigenvalue weighted by molar-refractivity contribution is 7.80. The minimum absolute atomic E-state index is 0.211. The average Bonchev–Trinajstić information content (AvgIpc) is 2.39. The predicted molar refractivity (Wildman–Crippen MR) is 82.1 cm³/mol. The van der Waals surface area contributed by atoms with Gasteiger partial charge in [0.15, 0.2) is 5.11 Å². The SMILES string of the molecule is Cc1ccc(F)c(NC(=S)Nc2cccc(F)c2C)c1. The van der Waals surface area contributed by atoms with Gasteiger partial charge in [-0.2, -0.15) is 0 Å². The number of aryl methyl sites for hydroxylation is 1. The lowest BCUT2D eigenvalue weighted by Gasteiger charge is -2.13. The van der Waals surface area contributed by atoms with E-state index in [0.717, 1.165) is 5.56 Å². The minimum Gasteiger partial charge on any atom is -0.332 e. The van der Waals surface area contributed by atoms with Crippen LogP contribution in [-0.4, -0.2) is 5.11 Å². The third-order valence-corrected chi connectivity index (χ3v) is 3.09. The van der Waals surface area contributed by atoms with E-state index in [0.29, 0.717) is 11.3 Å². The zero-order valence-corrected chi connectivity index (χ0v) is 11.9. The zero-order chi connectivity index (χ0) is 14.7. The van der Waals surface area contributed by atoms with Crippen molar-refractivity contribution in [2.45, 2.75) is 13.8 Å². The van der Waals surface area contributed by atoms with Gasteiger partial charge in [0.25, 0.3) is 0 Å². The number of rotatable bonds is 2. The minimum atomic E-state index is -0.393. The van der Waals surface area contributed by atoms with Crippen molar-refractivity contribution in [2.75, 3.05) is 10.6 Å². The molecule has 2 aromatic rings. The molecule has 2 N–H and O–H groups in total. The van der Waals surface area contributed by atoms with Gasteiger partial charge in [-0.3, -0.25) is 0 Å². The van der Waals surface area contributed by atoms with Crippen LogP contribution in [0.1, 0.15) is 11.1 Å². The molecule has 0 unspecified atom stereocenters. The molecule has 0 aliphatic heterocycles. The summed E-state index contributed by atoms with van der Waals surface area (Å²) in [5.41, 5.74) is 2.21. The maximum atomic E-state index is 13.6. The number of halogens is 2. The van der Waals surface area contributed by atoms with Crippen LogP contribution in [0.25, 0.3) is 0 Å². The molecular formula is C15H14F2N2S. The van der Waals surface area contributed by atoms with Crippen molar-refractivity contribution in [3.05, 3.63) is 59.2 Å². The molecular weight excluding hydrogens is 278 g/mol. The summed E-state index contributed by atoms with van der Waals surface area (Å²) in [7, 11) is 0. The van der Waals surface area contributed by atoms with Crippen LogP contribution >= 0.6 is 12.2 Å². The van der Waals surface area contributed by atoms with E-state index >= 15 is 0 Å². The van der Waals surface area contributed by atoms with Gasteiger partial charge >= 0.3 is 0 Å². The number of thiocarbonyl (C=S) groups is 1. The molecule has 0 radical (unpaired) electrons. The summed E-state index contributed by atoms with van der Waals surface area (Å²) in [4.78, 5) is 0. The highest BCUT2D eigenvalue weighted by atomic mass is 32.1. The summed E-state index contributed by atoms with van der Waals surface area (Å²) >= 11 is 5.11. The molecule has 0 amide bonds. The van der Waals surface area contributed by atoms with Crippen molar-refractivity contribution in [1.82, 2.24) is 0 Å². The van der Waals surface area contributed by atoms with Crippen LogP contribution < -0.4 is 10.6 Å². The van der Waals surface area contributed by atoms with Crippen molar-refractivity contribution in [3.63, 3.8) is 0 Å². The van der Waals surface area contributed by atoms with Gasteiger partial charge in [0, 0.05) is 11.3 Å². The lowest BCUT2D eigenvalue weighted by Crippen LogP contribution is -2.20. The van der Waals surface area contributed by atoms with Crippen molar-refractivity contribution < 1.29 is 8.78 Å². The number of hydrogen-bond donors (Lipinski definition) is 2. The Morgan fingerprint density at radius 2 is 1.65 bits per heavy atom. The molecule has 0 fully saturated rings. The van der Waals surface area contributed by atoms with E-state index in [4.69, 9.17) is 12.2 Å². The Bertz CT molecular complexity index is 650. The van der Waals surface area contributed by atoms with E-state index in [-0.39, 0.29) is 16.6 Å². The number of benzene rings is 2. The molecule has 0 heterocycles. The fraction of sp³-hybridized carbons (Fsp3) is 0.133. The van der Waals surface area contributed by atoms with Crippen LogP contribution in [0.5, 0.6) is 0 Å². The Hall–Kier alpha value is -2.01. The van der Waals surface area contributed by atoms with Crippen LogP contribution in [0.4, 0.5) is 20.2 Å². The van der Waals surface area contributed by atoms with E-state index in [1.165, 1.54) is 12.1 Å². The van der Waals surface area contributed by atoms with Gasteiger partial charge in [0.1, 0.15) is 11.6 Å². The third-order valence-electron chi connectivity index (χ3n) is 2.89. The predicted octanol–water partition coefficient (Wildman–Crippen LogP) is 4.39. The highest BCUT2D eigenvalue weighted by Crippen LogP contribution is 2.19. The molecule has 2 nitrogen and oxygen atoms in total. The Kier molecular flexibility index (Phi) is 4.29. The van der Waals surface area contributed by atoms with Gasteiger partial charge in [-0.05, 0) is 55.9 Å². The molecule has 0 saturated heterocycles. The second kappa shape index (κ2) is 5.96. The van der Waals surface area contributed by atoms with Gasteiger partial charge in [-0.1, -0.05) is 12.1 Å². The summed E-state index contributed by atoms with van der Waals surface area (Å²) in [6, 6.07) is 9.36. The Morgan fingerprint density at radius 1 is 0.950 bits per heavy atom. The van der Waals surface area contributed by atoms with Crippen LogP contribution in [0.15, 0.2) is 36.4 Å². The monoisotopic (exact) mass is 292 g/mol. The molecule has 0 aromatic heterocycles. The first-order chi connectivity index (χ1) is 9.47. The second-order valence-corrected chi connectivity index (χ2v) is 4.88. The van der Waals surface area contributed by atoms with Crippen molar-refractivity contribution in [2.24, 2.45) is 0 Å². The summed E-state index contributed by atoms with van der Waals surface area (Å²) in [6.07, 6.45) is 0. The van der Waals surface area contributed by atoms with Crippen molar-refractivity contribution >= 4 is 28.7 Å². The number of nitrogens with one attached hydrogen (secondary N) is 2. The topological polar surface area (TPSA) is 24.1 Å². The van der Waals surface area contributed by atoms with Crippen LogP contribution in [0.2, 0.25) is 0 Å². The summed E-state index contributed by atoms with van der Waals surface area (Å²) in [6.45, 7) is 3.51. The quantitative estimate of drug-likeness (QED) is 0.803. The van der Waals surface area contributed by atoms with E-state index in [1.807, 2.05) is 6.92 Å². The Morgan fingerprint density at radius 3 is 2.40 bits per heavy atom. The van der Waals surface area contributed by atoms with E-state index in [9.17, 15) is 8.78 Å². The van der Waals surface area contributed by atoms with Gasteiger partial charge in [0.05, 0.1) is 5.69 Å². The van der Waals surface area contributed by atoms with Crippen LogP contribution in [-0.2, 0) is 0 Å². The maximum absolute atomic E-state index is 13.6. The van der Waals surface area contributed by atoms with Gasteiger partial charge in [0.2, 0.25) is 0 Å². The molecule has 0 spiro atoms. The van der Waals surface area contributed by atoms with E-state index < -0.39 is 5.82 Å². The third kappa shape index (κ3) is 3.30. The molecule has 0 aliphatic carbocycles. The Balaban J connectivity index is 2.13. The largest absolute Gasteiger partial charge is 0.332 e. The molecule has 0 saturated carbocycles. The van der Waals surface area contributed by atoms with E-state index in [2.05, 4.69) is 10.6 Å². The molecule has 20 heavy (non-hydrogen) atoms. The molecule has 104 valence electrons. The summed E-state index contributed by atoms with van der Waals surface area (Å²) in [5, 5.41) is 5.84. The first-order valence-electron chi connectivity index (χ1n) is 6.06. The molecule has 2 aromatic carbocycles. The lowest BCUT2D eigenvalue weighted by atomic mass is 10.2. The van der Waals surface area contributed by atoms with Gasteiger partial charge in [-0.25, -0.2) is 8.78 Å². The highest BCUT2D eigenvalue weighted by Gasteiger charge is 2.07. The molecule has 0 aliphatic rings. The summed E-state index contributed by atoms with van der Waals surface area (Å²) in [5.74, 6) is -0.713. The first-order valence-corrected chi connectivity index (χ1v) is 6.47. The van der Waals surface area contributed by atoms with Crippen LogP contribution in [0, 0.1) is 25.5 Å². The average molecular weight is 292 g/mol. The van der Waals surface area contributed by atoms with Crippen molar-refractivity contribution in [3.8, 4) is 0 Å². The molecule has 2 rings (SSSR count). The molecule has 5 heteroatoms. The van der Waals surface area contributed by atoms with E-state index in [1.54, 1.807) is 31.2 Å². The van der Waals surface area contributed by atoms with Gasteiger partial charge < -0.3 is 10.6 Å². The Labute approximate surface area is 121 Å². The van der Waals surface area contributed by atoms with Gasteiger partial charge in [-0.15, -0.1) is 0 Å². The fourth-order valence-electron chi connectivity index (χ4n) is 1.75. The second-order valence-electron chi connectivity index (χ2n) is 4.47. The van der Waals surface area contributed by atoms with Crippen molar-refractivity contribution in [1.29, 1.82) is 0 Å². The fourth-order valence-corrected chi connectivity index (χ4v) is 1.97. The molecule has 0 bridgehead atoms. The molecule has 0 atom stereocenters. The van der Waals surface area contributed by atoms with Crippen LogP contribution in [0.3, 0.4) is 0 Å². The number of hydrogen-bond acceptors (Lipinski definition) is 1. The maximum Gasteiger partial charge on any atom is 0.175 e. The number of anilines is 2. The normalized spacial score (nSPS) is 10.2. The smallest absolute Gasteiger partial charge is 0.175 e. The first kappa shape index (κ1) is 14.4. The summed E-state index contributed by atoms with van der Waals surface area (Å²) < 4.78 is 27.0.